The molecule has 11 heavy (non-hydrogen) atoms. The van der Waals surface area contributed by atoms with Crippen molar-refractivity contribution in [2.45, 2.75) is 26.4 Å². The summed E-state index contributed by atoms with van der Waals surface area (Å²) in [6.45, 7) is 3.74. The van der Waals surface area contributed by atoms with E-state index in [1.54, 1.807) is 0 Å². The summed E-state index contributed by atoms with van der Waals surface area (Å²) in [4.78, 5) is 0. The Morgan fingerprint density at radius 1 is 1.64 bits per heavy atom. The zero-order valence-corrected chi connectivity index (χ0v) is 8.90. The molecule has 0 amide bonds. The first-order valence-corrected chi connectivity index (χ1v) is 4.49. The van der Waals surface area contributed by atoms with Crippen LogP contribution in [-0.2, 0) is 21.7 Å². The Morgan fingerprint density at radius 3 is 2.27 bits per heavy atom. The minimum atomic E-state index is 0.150. The molecule has 0 radical (unpaired) electrons. The van der Waals surface area contributed by atoms with E-state index in [0.717, 1.165) is 6.42 Å². The van der Waals surface area contributed by atoms with Crippen molar-refractivity contribution < 1.29 is 21.7 Å². The van der Waals surface area contributed by atoms with Crippen LogP contribution in [0.2, 0.25) is 0 Å². The molecular weight excluding hydrogens is 198 g/mol. The summed E-state index contributed by atoms with van der Waals surface area (Å²) < 4.78 is 5.63. The van der Waals surface area contributed by atoms with Crippen molar-refractivity contribution in [2.75, 3.05) is 0 Å². The van der Waals surface area contributed by atoms with Gasteiger partial charge in [0, 0.05) is 0 Å². The van der Waals surface area contributed by atoms with Crippen molar-refractivity contribution in [1.29, 1.82) is 0 Å². The Kier molecular flexibility index (Phi) is 7.19. The number of halogens is 1. The third-order valence-electron chi connectivity index (χ3n) is 0.930. The Hall–Kier alpha value is 0.314. The Morgan fingerprint density at radius 2 is 2.18 bits per heavy atom. The molecule has 0 aromatic rings. The third kappa shape index (κ3) is 8.22. The van der Waals surface area contributed by atoms with Gasteiger partial charge in [-0.1, -0.05) is 0 Å². The van der Waals surface area contributed by atoms with Crippen LogP contribution in [0, 0.1) is 0 Å². The molecule has 0 N–H and O–H groups in total. The number of hydrogen-bond donors (Lipinski definition) is 0. The van der Waals surface area contributed by atoms with Gasteiger partial charge in [-0.05, 0) is 13.8 Å². The predicted molar refractivity (Wildman–Crippen MR) is 43.9 cm³/mol. The van der Waals surface area contributed by atoms with Crippen molar-refractivity contribution in [3.63, 3.8) is 0 Å². The van der Waals surface area contributed by atoms with Crippen molar-refractivity contribution in [2.24, 2.45) is 0 Å². The molecule has 1 nitrogen and oxygen atoms in total. The van der Waals surface area contributed by atoms with E-state index in [2.05, 4.69) is 39.9 Å². The second kappa shape index (κ2) is 6.99. The van der Waals surface area contributed by atoms with E-state index < -0.39 is 0 Å². The molecule has 0 aromatic carbocycles. The first-order valence-electron chi connectivity index (χ1n) is 3.49. The van der Waals surface area contributed by atoms with Crippen LogP contribution in [-0.4, -0.2) is 6.10 Å². The molecular formula is C8H12ClOV. The van der Waals surface area contributed by atoms with Crippen LogP contribution in [0.15, 0.2) is 22.5 Å². The summed E-state index contributed by atoms with van der Waals surface area (Å²) >= 11 is 7.37. The van der Waals surface area contributed by atoms with Gasteiger partial charge in [-0.3, -0.25) is 4.29 Å². The fourth-order valence-electron chi connectivity index (χ4n) is 0.436. The maximum atomic E-state index is 4.84. The second-order valence-electron chi connectivity index (χ2n) is 2.43. The summed E-state index contributed by atoms with van der Waals surface area (Å²) in [5, 5.41) is 0. The SMILES string of the molecule is CC(C)OCl.[V][C]1=CC=CC1. The summed E-state index contributed by atoms with van der Waals surface area (Å²) in [6.07, 6.45) is 7.62. The molecule has 0 saturated carbocycles. The molecule has 0 bridgehead atoms. The van der Waals surface area contributed by atoms with Crippen LogP contribution in [0.5, 0.6) is 0 Å². The zero-order valence-electron chi connectivity index (χ0n) is 6.75. The van der Waals surface area contributed by atoms with Gasteiger partial charge in [-0.2, -0.15) is 0 Å². The molecule has 0 unspecified atom stereocenters. The van der Waals surface area contributed by atoms with Crippen molar-refractivity contribution in [3.8, 4) is 0 Å². The van der Waals surface area contributed by atoms with Crippen LogP contribution < -0.4 is 0 Å². The van der Waals surface area contributed by atoms with Gasteiger partial charge in [0.05, 0.1) is 18.0 Å². The van der Waals surface area contributed by atoms with Gasteiger partial charge in [0.1, 0.15) is 0 Å². The Labute approximate surface area is 82.6 Å². The summed E-state index contributed by atoms with van der Waals surface area (Å²) in [5.74, 6) is 0. The van der Waals surface area contributed by atoms with E-state index in [0.29, 0.717) is 0 Å². The maximum absolute atomic E-state index is 4.84. The van der Waals surface area contributed by atoms with Gasteiger partial charge in [0.15, 0.2) is 0 Å². The molecule has 0 spiro atoms. The Bertz CT molecular complexity index is 152. The van der Waals surface area contributed by atoms with E-state index >= 15 is 0 Å². The molecule has 0 aromatic heterocycles. The molecule has 3 heteroatoms. The normalized spacial score (nSPS) is 14.4. The third-order valence-corrected chi connectivity index (χ3v) is 1.80. The van der Waals surface area contributed by atoms with Gasteiger partial charge in [0.25, 0.3) is 0 Å². The number of rotatable bonds is 1. The van der Waals surface area contributed by atoms with E-state index in [1.165, 1.54) is 4.28 Å². The van der Waals surface area contributed by atoms with E-state index in [1.807, 2.05) is 13.8 Å². The van der Waals surface area contributed by atoms with Gasteiger partial charge in [-0.25, -0.2) is 0 Å². The molecule has 0 heterocycles. The second-order valence-corrected chi connectivity index (χ2v) is 3.50. The minimum absolute atomic E-state index is 0.150. The monoisotopic (exact) mass is 210 g/mol. The first-order chi connectivity index (χ1) is 5.16. The molecule has 0 aliphatic heterocycles. The van der Waals surface area contributed by atoms with E-state index in [4.69, 9.17) is 11.9 Å². The van der Waals surface area contributed by atoms with E-state index in [-0.39, 0.29) is 6.10 Å². The van der Waals surface area contributed by atoms with Gasteiger partial charge in [-0.15, -0.1) is 0 Å². The van der Waals surface area contributed by atoms with Crippen molar-refractivity contribution in [3.05, 3.63) is 22.5 Å². The van der Waals surface area contributed by atoms with Crippen molar-refractivity contribution in [1.82, 2.24) is 0 Å². The molecule has 0 saturated heterocycles. The fourth-order valence-corrected chi connectivity index (χ4v) is 0.735. The number of hydrogen-bond acceptors (Lipinski definition) is 1. The zero-order chi connectivity index (χ0) is 8.69. The molecule has 0 atom stereocenters. The standard InChI is InChI=1S/C5H5.C3H7ClO.V/c1-2-4-5-3-1;1-3(2)5-4;/h1-3H,4H2;3H,1-2H3;. The summed E-state index contributed by atoms with van der Waals surface area (Å²) in [6, 6.07) is 0. The molecule has 1 aliphatic rings. The van der Waals surface area contributed by atoms with Crippen LogP contribution in [0.3, 0.4) is 0 Å². The van der Waals surface area contributed by atoms with Crippen LogP contribution in [0.25, 0.3) is 0 Å². The Balaban J connectivity index is 0.000000187. The average Bonchev–Trinajstić information content (AvgIpc) is 2.41. The molecule has 0 fully saturated rings. The quantitative estimate of drug-likeness (QED) is 0.647. The average molecular weight is 211 g/mol. The van der Waals surface area contributed by atoms with Gasteiger partial charge >= 0.3 is 46.4 Å². The first kappa shape index (κ1) is 11.3. The number of allylic oxidation sites excluding steroid dienone is 4. The van der Waals surface area contributed by atoms with Crippen LogP contribution in [0.1, 0.15) is 20.3 Å². The topological polar surface area (TPSA) is 9.23 Å². The fraction of sp³-hybridized carbons (Fsp3) is 0.500. The van der Waals surface area contributed by atoms with E-state index in [9.17, 15) is 0 Å². The summed E-state index contributed by atoms with van der Waals surface area (Å²) in [7, 11) is 0. The molecule has 1 rings (SSSR count). The molecule has 62 valence electrons. The van der Waals surface area contributed by atoms with Crippen LogP contribution in [0.4, 0.5) is 0 Å². The summed E-state index contributed by atoms with van der Waals surface area (Å²) in [5.41, 5.74) is 0. The van der Waals surface area contributed by atoms with Gasteiger partial charge < -0.3 is 0 Å². The van der Waals surface area contributed by atoms with Crippen LogP contribution >= 0.6 is 11.9 Å². The van der Waals surface area contributed by atoms with Crippen molar-refractivity contribution >= 4 is 11.9 Å². The molecule has 1 aliphatic carbocycles. The van der Waals surface area contributed by atoms with Gasteiger partial charge in [0.2, 0.25) is 0 Å². The predicted octanol–water partition coefficient (Wildman–Crippen LogP) is 2.94.